The molecule has 0 heterocycles. The lowest BCUT2D eigenvalue weighted by atomic mass is 10.1. The average Bonchev–Trinajstić information content (AvgIpc) is 2.37. The second kappa shape index (κ2) is 7.38. The number of nitro groups is 1. The van der Waals surface area contributed by atoms with Gasteiger partial charge >= 0.3 is 0 Å². The quantitative estimate of drug-likeness (QED) is 0.451. The highest BCUT2D eigenvalue weighted by Gasteiger charge is 2.20. The number of amides is 1. The van der Waals surface area contributed by atoms with E-state index in [1.54, 1.807) is 17.9 Å². The Kier molecular flexibility index (Phi) is 6.13. The molecule has 1 aromatic carbocycles. The van der Waals surface area contributed by atoms with Crippen LogP contribution < -0.4 is 0 Å². The van der Waals surface area contributed by atoms with Crippen molar-refractivity contribution in [3.8, 4) is 0 Å². The van der Waals surface area contributed by atoms with Crippen molar-refractivity contribution < 1.29 is 9.72 Å². The van der Waals surface area contributed by atoms with E-state index in [0.717, 1.165) is 11.8 Å². The van der Waals surface area contributed by atoms with Gasteiger partial charge in [0.25, 0.3) is 11.6 Å². The van der Waals surface area contributed by atoms with Gasteiger partial charge in [0.05, 0.1) is 4.92 Å². The molecule has 110 valence electrons. The van der Waals surface area contributed by atoms with Crippen molar-refractivity contribution in [2.75, 3.05) is 11.9 Å². The van der Waals surface area contributed by atoms with Crippen LogP contribution in [0.3, 0.4) is 0 Å². The summed E-state index contributed by atoms with van der Waals surface area (Å²) in [5.74, 6) is -0.0843. The monoisotopic (exact) mass is 342 g/mol. The van der Waals surface area contributed by atoms with Gasteiger partial charge in [-0.25, -0.2) is 0 Å². The van der Waals surface area contributed by atoms with Crippen molar-refractivity contribution in [2.24, 2.45) is 0 Å². The van der Waals surface area contributed by atoms with E-state index in [1.165, 1.54) is 12.1 Å². The topological polar surface area (TPSA) is 63.5 Å². The molecule has 0 N–H and O–H groups in total. The third-order valence-corrected chi connectivity index (χ3v) is 3.62. The molecule has 0 unspecified atom stereocenters. The van der Waals surface area contributed by atoms with Crippen LogP contribution >= 0.6 is 15.9 Å². The number of hydrogen-bond donors (Lipinski definition) is 0. The predicted octanol–water partition coefficient (Wildman–Crippen LogP) is 3.54. The van der Waals surface area contributed by atoms with Crippen LogP contribution in [0.25, 0.3) is 0 Å². The minimum atomic E-state index is -0.436. The van der Waals surface area contributed by atoms with Crippen molar-refractivity contribution >= 4 is 27.5 Å². The van der Waals surface area contributed by atoms with Crippen LogP contribution in [0.1, 0.15) is 36.2 Å². The fourth-order valence-electron chi connectivity index (χ4n) is 1.98. The maximum absolute atomic E-state index is 12.5. The van der Waals surface area contributed by atoms with E-state index >= 15 is 0 Å². The number of halogens is 1. The fourth-order valence-corrected chi connectivity index (χ4v) is 2.23. The van der Waals surface area contributed by atoms with Gasteiger partial charge in [-0.05, 0) is 39.3 Å². The molecule has 5 nitrogen and oxygen atoms in total. The van der Waals surface area contributed by atoms with Gasteiger partial charge in [-0.2, -0.15) is 0 Å². The number of hydrogen-bond acceptors (Lipinski definition) is 3. The van der Waals surface area contributed by atoms with Gasteiger partial charge in [0.1, 0.15) is 0 Å². The zero-order chi connectivity index (χ0) is 15.3. The summed E-state index contributed by atoms with van der Waals surface area (Å²) in [5, 5.41) is 11.6. The Hall–Kier alpha value is -1.43. The van der Waals surface area contributed by atoms with Gasteiger partial charge in [0.15, 0.2) is 0 Å². The summed E-state index contributed by atoms with van der Waals surface area (Å²) in [4.78, 5) is 24.6. The molecule has 0 aromatic heterocycles. The van der Waals surface area contributed by atoms with Gasteiger partial charge in [-0.15, -0.1) is 0 Å². The number of alkyl halides is 1. The highest BCUT2D eigenvalue weighted by Crippen LogP contribution is 2.20. The Bertz CT molecular complexity index is 503. The van der Waals surface area contributed by atoms with Crippen LogP contribution in [0.15, 0.2) is 18.2 Å². The molecule has 6 heteroatoms. The maximum atomic E-state index is 12.5. The second-order valence-electron chi connectivity index (χ2n) is 4.89. The van der Waals surface area contributed by atoms with E-state index in [9.17, 15) is 14.9 Å². The minimum absolute atomic E-state index is 0.0399. The summed E-state index contributed by atoms with van der Waals surface area (Å²) in [6, 6.07) is 4.60. The number of carbonyl (C=O) groups excluding carboxylic acids is 1. The number of carbonyl (C=O) groups is 1. The summed E-state index contributed by atoms with van der Waals surface area (Å²) in [5.41, 5.74) is 1.04. The Morgan fingerprint density at radius 3 is 2.55 bits per heavy atom. The molecule has 1 aromatic rings. The number of nitro benzene ring substituents is 1. The molecule has 0 aliphatic heterocycles. The molecule has 0 saturated heterocycles. The summed E-state index contributed by atoms with van der Waals surface area (Å²) >= 11 is 3.36. The van der Waals surface area contributed by atoms with E-state index < -0.39 is 4.92 Å². The zero-order valence-corrected chi connectivity index (χ0v) is 13.5. The first-order valence-electron chi connectivity index (χ1n) is 6.50. The Balaban J connectivity index is 3.00. The third kappa shape index (κ3) is 4.03. The van der Waals surface area contributed by atoms with E-state index in [-0.39, 0.29) is 17.6 Å². The maximum Gasteiger partial charge on any atom is 0.272 e. The van der Waals surface area contributed by atoms with Crippen LogP contribution in [-0.2, 0) is 0 Å². The van der Waals surface area contributed by atoms with Gasteiger partial charge in [0, 0.05) is 35.1 Å². The molecule has 0 aliphatic rings. The van der Waals surface area contributed by atoms with Gasteiger partial charge in [0.2, 0.25) is 0 Å². The SMILES string of the molecule is Cc1cc(C(=O)N(CCCBr)C(C)C)ccc1[N+](=O)[O-]. The normalized spacial score (nSPS) is 10.7. The molecular formula is C14H19BrN2O3. The first kappa shape index (κ1) is 16.6. The Morgan fingerprint density at radius 2 is 2.10 bits per heavy atom. The molecule has 1 amide bonds. The first-order valence-corrected chi connectivity index (χ1v) is 7.62. The van der Waals surface area contributed by atoms with E-state index in [1.807, 2.05) is 13.8 Å². The standard InChI is InChI=1S/C14H19BrN2O3/c1-10(2)16(8-4-7-15)14(18)12-5-6-13(17(19)20)11(3)9-12/h5-6,9-10H,4,7-8H2,1-3H3. The van der Waals surface area contributed by atoms with Crippen molar-refractivity contribution in [1.82, 2.24) is 4.90 Å². The molecule has 0 saturated carbocycles. The molecule has 20 heavy (non-hydrogen) atoms. The predicted molar refractivity (Wildman–Crippen MR) is 82.4 cm³/mol. The largest absolute Gasteiger partial charge is 0.336 e. The number of aryl methyl sites for hydroxylation is 1. The Labute approximate surface area is 127 Å². The highest BCUT2D eigenvalue weighted by atomic mass is 79.9. The number of nitrogens with zero attached hydrogens (tertiary/aromatic N) is 2. The van der Waals surface area contributed by atoms with Crippen LogP contribution in [0.4, 0.5) is 5.69 Å². The summed E-state index contributed by atoms with van der Waals surface area (Å²) in [6.07, 6.45) is 0.871. The van der Waals surface area contributed by atoms with Gasteiger partial charge in [-0.1, -0.05) is 15.9 Å². The van der Waals surface area contributed by atoms with Crippen LogP contribution in [0, 0.1) is 17.0 Å². The van der Waals surface area contributed by atoms with E-state index in [4.69, 9.17) is 0 Å². The van der Waals surface area contributed by atoms with Crippen molar-refractivity contribution in [3.05, 3.63) is 39.4 Å². The molecule has 0 atom stereocenters. The van der Waals surface area contributed by atoms with E-state index in [2.05, 4.69) is 15.9 Å². The van der Waals surface area contributed by atoms with Gasteiger partial charge in [-0.3, -0.25) is 14.9 Å². The van der Waals surface area contributed by atoms with Crippen molar-refractivity contribution in [1.29, 1.82) is 0 Å². The molecule has 0 spiro atoms. The molecule has 0 fully saturated rings. The fraction of sp³-hybridized carbons (Fsp3) is 0.500. The first-order chi connectivity index (χ1) is 9.38. The minimum Gasteiger partial charge on any atom is -0.336 e. The number of rotatable bonds is 6. The lowest BCUT2D eigenvalue weighted by Crippen LogP contribution is -2.37. The van der Waals surface area contributed by atoms with Crippen molar-refractivity contribution in [3.63, 3.8) is 0 Å². The summed E-state index contributed by atoms with van der Waals surface area (Å²) < 4.78 is 0. The summed E-state index contributed by atoms with van der Waals surface area (Å²) in [6.45, 7) is 6.24. The smallest absolute Gasteiger partial charge is 0.272 e. The lowest BCUT2D eigenvalue weighted by molar-refractivity contribution is -0.385. The molecular weight excluding hydrogens is 324 g/mol. The average molecular weight is 343 g/mol. The van der Waals surface area contributed by atoms with Gasteiger partial charge < -0.3 is 4.90 Å². The highest BCUT2D eigenvalue weighted by molar-refractivity contribution is 9.09. The zero-order valence-electron chi connectivity index (χ0n) is 11.9. The van der Waals surface area contributed by atoms with Crippen LogP contribution in [0.2, 0.25) is 0 Å². The van der Waals surface area contributed by atoms with Crippen LogP contribution in [-0.4, -0.2) is 33.6 Å². The Morgan fingerprint density at radius 1 is 1.45 bits per heavy atom. The lowest BCUT2D eigenvalue weighted by Gasteiger charge is -2.26. The molecule has 0 bridgehead atoms. The second-order valence-corrected chi connectivity index (χ2v) is 5.69. The molecule has 1 rings (SSSR count). The third-order valence-electron chi connectivity index (χ3n) is 3.06. The summed E-state index contributed by atoms with van der Waals surface area (Å²) in [7, 11) is 0. The van der Waals surface area contributed by atoms with Crippen molar-refractivity contribution in [2.45, 2.75) is 33.2 Å². The van der Waals surface area contributed by atoms with E-state index in [0.29, 0.717) is 17.7 Å². The number of benzene rings is 1. The van der Waals surface area contributed by atoms with Crippen LogP contribution in [0.5, 0.6) is 0 Å². The molecule has 0 aliphatic carbocycles. The molecule has 0 radical (unpaired) electrons.